The Morgan fingerprint density at radius 2 is 1.89 bits per heavy atom. The minimum Gasteiger partial charge on any atom is -0.463 e. The predicted octanol–water partition coefficient (Wildman–Crippen LogP) is 1.18. The van der Waals surface area contributed by atoms with Crippen LogP contribution in [0.3, 0.4) is 0 Å². The van der Waals surface area contributed by atoms with Gasteiger partial charge >= 0.3 is 6.01 Å². The summed E-state index contributed by atoms with van der Waals surface area (Å²) in [7, 11) is 0. The molecule has 0 saturated heterocycles. The van der Waals surface area contributed by atoms with Crippen LogP contribution in [0.4, 0.5) is 11.9 Å². The van der Waals surface area contributed by atoms with E-state index in [1.54, 1.807) is 0 Å². The molecule has 0 amide bonds. The molecule has 0 aliphatic carbocycles. The standard InChI is InChI=1S/C11H22N6O/c1-4-7-8-18-11-14-9(16-12)13-10(15-11)17(5-2)6-3/h4-8,12H2,1-3H3,(H,13,14,15,16). The maximum absolute atomic E-state index is 5.48. The van der Waals surface area contributed by atoms with Crippen LogP contribution in [0.25, 0.3) is 0 Å². The zero-order valence-electron chi connectivity index (χ0n) is 11.3. The van der Waals surface area contributed by atoms with Crippen LogP contribution in [0.2, 0.25) is 0 Å². The summed E-state index contributed by atoms with van der Waals surface area (Å²) in [6, 6.07) is 0.313. The van der Waals surface area contributed by atoms with Crippen LogP contribution in [0.1, 0.15) is 33.6 Å². The van der Waals surface area contributed by atoms with Crippen molar-refractivity contribution in [2.24, 2.45) is 5.84 Å². The van der Waals surface area contributed by atoms with Crippen molar-refractivity contribution >= 4 is 11.9 Å². The zero-order valence-corrected chi connectivity index (χ0v) is 11.3. The number of rotatable bonds is 8. The fourth-order valence-electron chi connectivity index (χ4n) is 1.43. The summed E-state index contributed by atoms with van der Waals surface area (Å²) in [5.41, 5.74) is 2.43. The Bertz CT molecular complexity index is 355. The van der Waals surface area contributed by atoms with Crippen molar-refractivity contribution in [3.63, 3.8) is 0 Å². The van der Waals surface area contributed by atoms with E-state index < -0.39 is 0 Å². The van der Waals surface area contributed by atoms with Gasteiger partial charge in [-0.25, -0.2) is 5.84 Å². The van der Waals surface area contributed by atoms with Crippen molar-refractivity contribution in [2.45, 2.75) is 33.6 Å². The molecule has 0 saturated carbocycles. The molecule has 7 heteroatoms. The average Bonchev–Trinajstić information content (AvgIpc) is 2.40. The van der Waals surface area contributed by atoms with Crippen molar-refractivity contribution in [1.29, 1.82) is 0 Å². The van der Waals surface area contributed by atoms with E-state index in [1.807, 2.05) is 18.7 Å². The van der Waals surface area contributed by atoms with Crippen molar-refractivity contribution in [3.8, 4) is 6.01 Å². The molecule has 0 aliphatic rings. The first-order chi connectivity index (χ1) is 8.74. The van der Waals surface area contributed by atoms with Gasteiger partial charge in [0.25, 0.3) is 0 Å². The minimum atomic E-state index is 0.313. The third-order valence-electron chi connectivity index (χ3n) is 2.51. The van der Waals surface area contributed by atoms with Crippen LogP contribution in [0.5, 0.6) is 6.01 Å². The fourth-order valence-corrected chi connectivity index (χ4v) is 1.43. The molecule has 1 aromatic rings. The van der Waals surface area contributed by atoms with Crippen LogP contribution >= 0.6 is 0 Å². The summed E-state index contributed by atoms with van der Waals surface area (Å²) >= 11 is 0. The highest BCUT2D eigenvalue weighted by atomic mass is 16.5. The number of nitrogens with zero attached hydrogens (tertiary/aromatic N) is 4. The molecule has 0 spiro atoms. The molecule has 1 aromatic heterocycles. The lowest BCUT2D eigenvalue weighted by Gasteiger charge is -2.19. The Kier molecular flexibility index (Phi) is 6.13. The molecule has 1 heterocycles. The van der Waals surface area contributed by atoms with Gasteiger partial charge in [-0.05, 0) is 20.3 Å². The summed E-state index contributed by atoms with van der Waals surface area (Å²) < 4.78 is 5.48. The molecule has 0 unspecified atom stereocenters. The summed E-state index contributed by atoms with van der Waals surface area (Å²) in [4.78, 5) is 14.6. The average molecular weight is 254 g/mol. The number of unbranched alkanes of at least 4 members (excludes halogenated alkanes) is 1. The number of aromatic nitrogens is 3. The molecule has 0 radical (unpaired) electrons. The molecule has 0 fully saturated rings. The number of nitrogens with one attached hydrogen (secondary N) is 1. The van der Waals surface area contributed by atoms with E-state index in [2.05, 4.69) is 27.3 Å². The van der Waals surface area contributed by atoms with Gasteiger partial charge in [0, 0.05) is 13.1 Å². The number of anilines is 2. The first kappa shape index (κ1) is 14.4. The van der Waals surface area contributed by atoms with Gasteiger partial charge < -0.3 is 9.64 Å². The molecule has 7 nitrogen and oxygen atoms in total. The summed E-state index contributed by atoms with van der Waals surface area (Å²) in [5.74, 6) is 6.24. The Balaban J connectivity index is 2.86. The monoisotopic (exact) mass is 254 g/mol. The van der Waals surface area contributed by atoms with E-state index in [1.165, 1.54) is 0 Å². The number of hydrogen-bond donors (Lipinski definition) is 2. The van der Waals surface area contributed by atoms with Crippen LogP contribution < -0.4 is 20.9 Å². The lowest BCUT2D eigenvalue weighted by atomic mass is 10.4. The van der Waals surface area contributed by atoms with Gasteiger partial charge in [0.2, 0.25) is 11.9 Å². The summed E-state index contributed by atoms with van der Waals surface area (Å²) in [5, 5.41) is 0. The zero-order chi connectivity index (χ0) is 13.4. The van der Waals surface area contributed by atoms with Gasteiger partial charge in [0.15, 0.2) is 0 Å². The van der Waals surface area contributed by atoms with Gasteiger partial charge in [-0.1, -0.05) is 13.3 Å². The lowest BCUT2D eigenvalue weighted by Crippen LogP contribution is -2.25. The van der Waals surface area contributed by atoms with Gasteiger partial charge in [-0.3, -0.25) is 5.43 Å². The first-order valence-electron chi connectivity index (χ1n) is 6.35. The van der Waals surface area contributed by atoms with E-state index in [0.29, 0.717) is 24.5 Å². The molecular weight excluding hydrogens is 232 g/mol. The fraction of sp³-hybridized carbons (Fsp3) is 0.727. The number of nitrogens with two attached hydrogens (primary N) is 1. The van der Waals surface area contributed by atoms with Gasteiger partial charge in [0.1, 0.15) is 0 Å². The third-order valence-corrected chi connectivity index (χ3v) is 2.51. The minimum absolute atomic E-state index is 0.313. The van der Waals surface area contributed by atoms with Gasteiger partial charge in [0.05, 0.1) is 6.61 Å². The number of ether oxygens (including phenoxy) is 1. The predicted molar refractivity (Wildman–Crippen MR) is 71.6 cm³/mol. The highest BCUT2D eigenvalue weighted by molar-refractivity contribution is 5.37. The van der Waals surface area contributed by atoms with E-state index in [-0.39, 0.29) is 0 Å². The maximum Gasteiger partial charge on any atom is 0.323 e. The molecule has 0 bridgehead atoms. The molecule has 3 N–H and O–H groups in total. The topological polar surface area (TPSA) is 89.2 Å². The Labute approximate surface area is 108 Å². The quantitative estimate of drug-likeness (QED) is 0.409. The maximum atomic E-state index is 5.48. The molecule has 18 heavy (non-hydrogen) atoms. The summed E-state index contributed by atoms with van der Waals surface area (Å²) in [6.07, 6.45) is 2.04. The largest absolute Gasteiger partial charge is 0.463 e. The number of hydrazine groups is 1. The second-order valence-electron chi connectivity index (χ2n) is 3.76. The molecule has 102 valence electrons. The van der Waals surface area contributed by atoms with Crippen molar-refractivity contribution < 1.29 is 4.74 Å². The Hall–Kier alpha value is -1.63. The molecule has 0 aliphatic heterocycles. The van der Waals surface area contributed by atoms with Crippen molar-refractivity contribution in [1.82, 2.24) is 15.0 Å². The Morgan fingerprint density at radius 3 is 2.44 bits per heavy atom. The van der Waals surface area contributed by atoms with E-state index in [9.17, 15) is 0 Å². The highest BCUT2D eigenvalue weighted by Gasteiger charge is 2.11. The van der Waals surface area contributed by atoms with Crippen LogP contribution in [-0.4, -0.2) is 34.6 Å². The number of nitrogen functional groups attached to an aromatic ring is 1. The molecule has 0 atom stereocenters. The molecule has 0 aromatic carbocycles. The van der Waals surface area contributed by atoms with Crippen LogP contribution in [-0.2, 0) is 0 Å². The van der Waals surface area contributed by atoms with E-state index in [0.717, 1.165) is 25.9 Å². The van der Waals surface area contributed by atoms with Crippen molar-refractivity contribution in [3.05, 3.63) is 0 Å². The molecular formula is C11H22N6O. The van der Waals surface area contributed by atoms with Crippen LogP contribution in [0, 0.1) is 0 Å². The molecule has 1 rings (SSSR count). The second-order valence-corrected chi connectivity index (χ2v) is 3.76. The lowest BCUT2D eigenvalue weighted by molar-refractivity contribution is 0.285. The van der Waals surface area contributed by atoms with E-state index >= 15 is 0 Å². The smallest absolute Gasteiger partial charge is 0.323 e. The number of hydrogen-bond acceptors (Lipinski definition) is 7. The normalized spacial score (nSPS) is 10.2. The third kappa shape index (κ3) is 3.99. The Morgan fingerprint density at radius 1 is 1.17 bits per heavy atom. The van der Waals surface area contributed by atoms with Crippen molar-refractivity contribution in [2.75, 3.05) is 30.0 Å². The van der Waals surface area contributed by atoms with E-state index in [4.69, 9.17) is 10.6 Å². The van der Waals surface area contributed by atoms with Crippen LogP contribution in [0.15, 0.2) is 0 Å². The first-order valence-corrected chi connectivity index (χ1v) is 6.35. The SMILES string of the molecule is CCCCOc1nc(NN)nc(N(CC)CC)n1. The van der Waals surface area contributed by atoms with Gasteiger partial charge in [-0.2, -0.15) is 15.0 Å². The second kappa shape index (κ2) is 7.65. The summed E-state index contributed by atoms with van der Waals surface area (Å²) in [6.45, 7) is 8.42. The van der Waals surface area contributed by atoms with Gasteiger partial charge in [-0.15, -0.1) is 0 Å². The highest BCUT2D eigenvalue weighted by Crippen LogP contribution is 2.14.